The van der Waals surface area contributed by atoms with E-state index in [1.165, 1.54) is 4.88 Å². The summed E-state index contributed by atoms with van der Waals surface area (Å²) in [6, 6.07) is 15.1. The minimum absolute atomic E-state index is 0.125. The molecule has 0 atom stereocenters. The van der Waals surface area contributed by atoms with Gasteiger partial charge < -0.3 is 10.4 Å². The molecular weight excluding hydrogens is 378 g/mol. The number of phenolic OH excluding ortho intramolecular Hbond substituents is 1. The molecule has 0 bridgehead atoms. The van der Waals surface area contributed by atoms with Crippen LogP contribution in [-0.4, -0.2) is 15.1 Å². The van der Waals surface area contributed by atoms with Crippen LogP contribution in [0.15, 0.2) is 48.5 Å². The SMILES string of the molecule is Cc1sc2nc(Cc3ccccc3)nc(Nc3cc(Cl)ccc3O)c2c1C. The highest BCUT2D eigenvalue weighted by Crippen LogP contribution is 2.37. The van der Waals surface area contributed by atoms with Crippen molar-refractivity contribution < 1.29 is 5.11 Å². The third-order valence-corrected chi connectivity index (χ3v) is 5.83. The van der Waals surface area contributed by atoms with Crippen molar-refractivity contribution in [1.29, 1.82) is 0 Å². The Kier molecular flexibility index (Phi) is 4.72. The fourth-order valence-electron chi connectivity index (χ4n) is 2.98. The molecule has 0 spiro atoms. The molecule has 0 unspecified atom stereocenters. The Balaban J connectivity index is 1.82. The molecule has 0 saturated heterocycles. The van der Waals surface area contributed by atoms with E-state index in [-0.39, 0.29) is 5.75 Å². The standard InChI is InChI=1S/C21H18ClN3OS/c1-12-13(2)27-21-19(12)20(23-16-11-15(22)8-9-17(16)26)24-18(25-21)10-14-6-4-3-5-7-14/h3-9,11,26H,10H2,1-2H3,(H,23,24,25). The van der Waals surface area contributed by atoms with Crippen molar-refractivity contribution in [2.24, 2.45) is 0 Å². The first-order valence-electron chi connectivity index (χ1n) is 8.57. The maximum Gasteiger partial charge on any atom is 0.143 e. The molecule has 136 valence electrons. The van der Waals surface area contributed by atoms with Crippen molar-refractivity contribution >= 4 is 44.7 Å². The minimum Gasteiger partial charge on any atom is -0.506 e. The Hall–Kier alpha value is -2.63. The van der Waals surface area contributed by atoms with Gasteiger partial charge in [0.2, 0.25) is 0 Å². The van der Waals surface area contributed by atoms with E-state index in [2.05, 4.69) is 31.3 Å². The highest BCUT2D eigenvalue weighted by atomic mass is 35.5. The zero-order valence-corrected chi connectivity index (χ0v) is 16.5. The van der Waals surface area contributed by atoms with Gasteiger partial charge in [0.1, 0.15) is 22.2 Å². The lowest BCUT2D eigenvalue weighted by atomic mass is 10.1. The van der Waals surface area contributed by atoms with E-state index in [9.17, 15) is 5.11 Å². The van der Waals surface area contributed by atoms with E-state index >= 15 is 0 Å². The number of nitrogens with zero attached hydrogens (tertiary/aromatic N) is 2. The molecular formula is C21H18ClN3OS. The van der Waals surface area contributed by atoms with Gasteiger partial charge in [-0.2, -0.15) is 0 Å². The summed E-state index contributed by atoms with van der Waals surface area (Å²) >= 11 is 7.75. The smallest absolute Gasteiger partial charge is 0.143 e. The number of benzene rings is 2. The van der Waals surface area contributed by atoms with Crippen molar-refractivity contribution in [2.75, 3.05) is 5.32 Å². The lowest BCUT2D eigenvalue weighted by Crippen LogP contribution is -2.02. The average molecular weight is 396 g/mol. The minimum atomic E-state index is 0.125. The monoisotopic (exact) mass is 395 g/mol. The first-order chi connectivity index (χ1) is 13.0. The molecule has 6 heteroatoms. The predicted molar refractivity (Wildman–Crippen MR) is 113 cm³/mol. The van der Waals surface area contributed by atoms with Crippen LogP contribution in [0.25, 0.3) is 10.2 Å². The topological polar surface area (TPSA) is 58.0 Å². The highest BCUT2D eigenvalue weighted by molar-refractivity contribution is 7.18. The van der Waals surface area contributed by atoms with E-state index in [4.69, 9.17) is 21.6 Å². The van der Waals surface area contributed by atoms with Crippen LogP contribution in [0.1, 0.15) is 21.8 Å². The van der Waals surface area contributed by atoms with Gasteiger partial charge in [-0.1, -0.05) is 41.9 Å². The third kappa shape index (κ3) is 3.61. The van der Waals surface area contributed by atoms with Gasteiger partial charge in [0.05, 0.1) is 11.1 Å². The molecule has 0 aliphatic carbocycles. The number of rotatable bonds is 4. The molecule has 4 aromatic rings. The normalized spacial score (nSPS) is 11.1. The molecule has 27 heavy (non-hydrogen) atoms. The van der Waals surface area contributed by atoms with E-state index < -0.39 is 0 Å². The molecule has 0 saturated carbocycles. The second-order valence-electron chi connectivity index (χ2n) is 6.40. The number of anilines is 2. The van der Waals surface area contributed by atoms with Crippen LogP contribution in [0.5, 0.6) is 5.75 Å². The summed E-state index contributed by atoms with van der Waals surface area (Å²) in [5.74, 6) is 1.55. The van der Waals surface area contributed by atoms with E-state index in [1.807, 2.05) is 18.2 Å². The number of thiophene rings is 1. The van der Waals surface area contributed by atoms with Crippen LogP contribution < -0.4 is 5.32 Å². The molecule has 2 aromatic heterocycles. The van der Waals surface area contributed by atoms with Crippen LogP contribution in [0.3, 0.4) is 0 Å². The van der Waals surface area contributed by atoms with Crippen molar-refractivity contribution in [3.05, 3.63) is 75.4 Å². The first kappa shape index (κ1) is 17.8. The maximum absolute atomic E-state index is 10.2. The molecule has 0 amide bonds. The number of phenols is 1. The Morgan fingerprint density at radius 1 is 1.07 bits per heavy atom. The van der Waals surface area contributed by atoms with Gasteiger partial charge in [-0.25, -0.2) is 9.97 Å². The number of hydrogen-bond acceptors (Lipinski definition) is 5. The van der Waals surface area contributed by atoms with Crippen molar-refractivity contribution in [1.82, 2.24) is 9.97 Å². The van der Waals surface area contributed by atoms with Crippen molar-refractivity contribution in [3.8, 4) is 5.75 Å². The fourth-order valence-corrected chi connectivity index (χ4v) is 4.20. The zero-order chi connectivity index (χ0) is 19.0. The van der Waals surface area contributed by atoms with E-state index in [0.29, 0.717) is 22.9 Å². The Morgan fingerprint density at radius 2 is 1.85 bits per heavy atom. The summed E-state index contributed by atoms with van der Waals surface area (Å²) in [6.07, 6.45) is 0.642. The van der Waals surface area contributed by atoms with Crippen LogP contribution in [-0.2, 0) is 6.42 Å². The maximum atomic E-state index is 10.2. The fraction of sp³-hybridized carbons (Fsp3) is 0.143. The Bertz CT molecular complexity index is 1130. The number of halogens is 1. The molecule has 4 nitrogen and oxygen atoms in total. The van der Waals surface area contributed by atoms with Gasteiger partial charge in [0.15, 0.2) is 0 Å². The predicted octanol–water partition coefficient (Wildman–Crippen LogP) is 6.00. The van der Waals surface area contributed by atoms with Gasteiger partial charge in [-0.05, 0) is 43.2 Å². The van der Waals surface area contributed by atoms with Gasteiger partial charge >= 0.3 is 0 Å². The number of nitrogens with one attached hydrogen (secondary N) is 1. The Labute approximate surface area is 166 Å². The molecule has 0 fully saturated rings. The molecule has 2 N–H and O–H groups in total. The van der Waals surface area contributed by atoms with Crippen molar-refractivity contribution in [3.63, 3.8) is 0 Å². The molecule has 0 radical (unpaired) electrons. The summed E-state index contributed by atoms with van der Waals surface area (Å²) in [5.41, 5.74) is 2.82. The number of aromatic hydroxyl groups is 1. The number of hydrogen-bond donors (Lipinski definition) is 2. The zero-order valence-electron chi connectivity index (χ0n) is 15.0. The lowest BCUT2D eigenvalue weighted by molar-refractivity contribution is 0.477. The average Bonchev–Trinajstić information content (AvgIpc) is 2.93. The van der Waals surface area contributed by atoms with Gasteiger partial charge in [-0.15, -0.1) is 11.3 Å². The van der Waals surface area contributed by atoms with Gasteiger partial charge in [0, 0.05) is 16.3 Å². The van der Waals surface area contributed by atoms with E-state index in [1.54, 1.807) is 29.5 Å². The van der Waals surface area contributed by atoms with E-state index in [0.717, 1.165) is 27.2 Å². The molecule has 2 aromatic carbocycles. The van der Waals surface area contributed by atoms with Crippen molar-refractivity contribution in [2.45, 2.75) is 20.3 Å². The Morgan fingerprint density at radius 3 is 2.63 bits per heavy atom. The van der Waals surface area contributed by atoms with Crippen LogP contribution in [0, 0.1) is 13.8 Å². The van der Waals surface area contributed by atoms with Crippen LogP contribution in [0.4, 0.5) is 11.5 Å². The quantitative estimate of drug-likeness (QED) is 0.416. The summed E-state index contributed by atoms with van der Waals surface area (Å²) < 4.78 is 0. The third-order valence-electron chi connectivity index (χ3n) is 4.49. The number of fused-ring (bicyclic) bond motifs is 1. The summed E-state index contributed by atoms with van der Waals surface area (Å²) in [6.45, 7) is 4.15. The molecule has 0 aliphatic rings. The summed E-state index contributed by atoms with van der Waals surface area (Å²) in [4.78, 5) is 11.7. The number of aromatic nitrogens is 2. The van der Waals surface area contributed by atoms with Gasteiger partial charge in [-0.3, -0.25) is 0 Å². The summed E-state index contributed by atoms with van der Waals surface area (Å²) in [7, 11) is 0. The van der Waals surface area contributed by atoms with Gasteiger partial charge in [0.25, 0.3) is 0 Å². The second kappa shape index (κ2) is 7.18. The van der Waals surface area contributed by atoms with Crippen LogP contribution in [0.2, 0.25) is 5.02 Å². The molecule has 2 heterocycles. The summed E-state index contributed by atoms with van der Waals surface area (Å²) in [5, 5.41) is 15.0. The largest absolute Gasteiger partial charge is 0.506 e. The lowest BCUT2D eigenvalue weighted by Gasteiger charge is -2.11. The highest BCUT2D eigenvalue weighted by Gasteiger charge is 2.16. The van der Waals surface area contributed by atoms with Crippen LogP contribution >= 0.6 is 22.9 Å². The number of aryl methyl sites for hydroxylation is 2. The first-order valence-corrected chi connectivity index (χ1v) is 9.77. The molecule has 4 rings (SSSR count). The molecule has 0 aliphatic heterocycles. The second-order valence-corrected chi connectivity index (χ2v) is 8.04.